The van der Waals surface area contributed by atoms with Gasteiger partial charge in [0.05, 0.1) is 55.9 Å². The second-order valence-electron chi connectivity index (χ2n) is 23.0. The highest BCUT2D eigenvalue weighted by atomic mass is 15.2. The lowest BCUT2D eigenvalue weighted by Crippen LogP contribution is -2.22. The molecule has 0 N–H and O–H groups in total. The van der Waals surface area contributed by atoms with E-state index in [4.69, 9.17) is 29.9 Å². The van der Waals surface area contributed by atoms with E-state index in [1.54, 1.807) is 0 Å². The molecule has 17 rings (SSSR count). The first kappa shape index (κ1) is 55.2. The van der Waals surface area contributed by atoms with Gasteiger partial charge in [-0.05, 0) is 72.8 Å². The molecule has 0 saturated heterocycles. The molecule has 0 unspecified atom stereocenters. The maximum absolute atomic E-state index is 5.93. The van der Waals surface area contributed by atoms with Gasteiger partial charge < -0.3 is 18.9 Å². The van der Waals surface area contributed by atoms with Crippen LogP contribution in [0.2, 0.25) is 0 Å². The number of fused-ring (bicyclic) bond motifs is 6. The molecule has 0 bridgehead atoms. The van der Waals surface area contributed by atoms with E-state index < -0.39 is 0 Å². The molecule has 0 spiro atoms. The Morgan fingerprint density at radius 2 is 0.383 bits per heavy atom. The van der Waals surface area contributed by atoms with Crippen LogP contribution in [0.15, 0.2) is 340 Å². The lowest BCUT2D eigenvalue weighted by Gasteiger charge is -2.37. The Balaban J connectivity index is 1.24. The minimum atomic E-state index is 0.415. The first-order valence-electron chi connectivity index (χ1n) is 31.5. The van der Waals surface area contributed by atoms with Crippen molar-refractivity contribution >= 4 is 77.7 Å². The highest BCUT2D eigenvalue weighted by molar-refractivity contribution is 6.18. The first-order chi connectivity index (χ1) is 46.7. The van der Waals surface area contributed by atoms with Gasteiger partial charge in [0.25, 0.3) is 0 Å². The van der Waals surface area contributed by atoms with Gasteiger partial charge >= 0.3 is 0 Å². The van der Waals surface area contributed by atoms with E-state index in [0.29, 0.717) is 46.1 Å². The van der Waals surface area contributed by atoms with E-state index in [9.17, 15) is 0 Å². The van der Waals surface area contributed by atoms with Crippen molar-refractivity contribution in [3.05, 3.63) is 340 Å². The molecule has 0 aliphatic rings. The number of nitrogens with zero attached hydrogens (tertiary/aromatic N) is 10. The highest BCUT2D eigenvalue weighted by Crippen LogP contribution is 2.59. The third kappa shape index (κ3) is 9.69. The molecule has 0 aliphatic carbocycles. The van der Waals surface area contributed by atoms with Crippen molar-refractivity contribution < 1.29 is 0 Å². The molecule has 442 valence electrons. The second-order valence-corrected chi connectivity index (χ2v) is 23.0. The Hall–Kier alpha value is -12.9. The molecule has 94 heavy (non-hydrogen) atoms. The molecule has 0 radical (unpaired) electrons. The lowest BCUT2D eigenvalue weighted by atomic mass is 9.93. The van der Waals surface area contributed by atoms with Crippen LogP contribution in [0.25, 0.3) is 123 Å². The largest absolute Gasteiger partial charge is 0.308 e. The normalized spacial score (nSPS) is 11.4. The average Bonchev–Trinajstić information content (AvgIpc) is 1.24. The maximum atomic E-state index is 5.93. The maximum Gasteiger partial charge on any atom is 0.168 e. The molecule has 4 heterocycles. The van der Waals surface area contributed by atoms with Crippen LogP contribution >= 0.6 is 0 Å². The average molecular weight is 1210 g/mol. The van der Waals surface area contributed by atoms with E-state index in [2.05, 4.69) is 286 Å². The molecule has 10 nitrogen and oxygen atoms in total. The topological polar surface area (TPSA) is 93.7 Å². The van der Waals surface area contributed by atoms with Crippen molar-refractivity contribution in [1.82, 2.24) is 39.0 Å². The van der Waals surface area contributed by atoms with Crippen LogP contribution in [0, 0.1) is 0 Å². The van der Waals surface area contributed by atoms with Gasteiger partial charge in [-0.3, -0.25) is 0 Å². The van der Waals surface area contributed by atoms with Crippen LogP contribution < -0.4 is 9.80 Å². The zero-order valence-electron chi connectivity index (χ0n) is 50.8. The molecule has 0 atom stereocenters. The number of anilines is 6. The summed E-state index contributed by atoms with van der Waals surface area (Å²) in [5.41, 5.74) is 14.9. The molecule has 17 aromatic rings. The predicted octanol–water partition coefficient (Wildman–Crippen LogP) is 21.2. The molecule has 10 heteroatoms. The van der Waals surface area contributed by atoms with Gasteiger partial charge in [-0.15, -0.1) is 0 Å². The molecule has 4 aromatic heterocycles. The molecule has 0 saturated carbocycles. The van der Waals surface area contributed by atoms with Crippen LogP contribution in [0.3, 0.4) is 0 Å². The molecule has 0 aliphatic heterocycles. The van der Waals surface area contributed by atoms with Crippen molar-refractivity contribution in [3.63, 3.8) is 0 Å². The fourth-order valence-electron chi connectivity index (χ4n) is 13.3. The minimum Gasteiger partial charge on any atom is -0.308 e. The molecular formula is C84H56N10. The summed E-state index contributed by atoms with van der Waals surface area (Å²) < 4.78 is 4.88. The molecule has 13 aromatic carbocycles. The van der Waals surface area contributed by atoms with E-state index in [-0.39, 0.29) is 0 Å². The standard InChI is InChI=1S/C84H56N10/c1-9-33-57(34-10-1)79-85-80(58-35-11-2-12-36-58)88-83(87-79)73-75(91(61-41-17-5-18-42-61)62-43-19-6-20-44-62)78(94-71-55-31-27-51-67(71)68-52-28-32-56-72(68)94)74(84-89-81(59-37-13-3-14-38-59)86-82(90-84)60-39-15-4-16-40-60)76(92(63-45-21-7-22-46-63)64-47-23-8-24-48-64)77(73)93-69-53-29-25-49-65(69)66-50-26-30-54-70(66)93/h1-56H. The SMILES string of the molecule is c1ccc(-c2nc(-c3ccccc3)nc(-c3c(N(c4ccccc4)c4ccccc4)c(-n4c5ccccc5c5ccccc54)c(-c4nc(-c5ccccc5)nc(-c5ccccc5)n4)c(N(c4ccccc4)c4ccccc4)c3-n3c4ccccc4c4ccccc43)n2)cc1. The van der Waals surface area contributed by atoms with Crippen molar-refractivity contribution in [2.24, 2.45) is 0 Å². The summed E-state index contributed by atoms with van der Waals surface area (Å²) in [6, 6.07) is 118. The van der Waals surface area contributed by atoms with E-state index in [0.717, 1.165) is 111 Å². The van der Waals surface area contributed by atoms with Gasteiger partial charge in [0.2, 0.25) is 0 Å². The zero-order chi connectivity index (χ0) is 62.3. The van der Waals surface area contributed by atoms with Crippen molar-refractivity contribution in [2.75, 3.05) is 9.80 Å². The van der Waals surface area contributed by atoms with Crippen molar-refractivity contribution in [1.29, 1.82) is 0 Å². The second kappa shape index (κ2) is 23.8. The summed E-state index contributed by atoms with van der Waals surface area (Å²) >= 11 is 0. The molecule has 0 amide bonds. The monoisotopic (exact) mass is 1200 g/mol. The predicted molar refractivity (Wildman–Crippen MR) is 384 cm³/mol. The van der Waals surface area contributed by atoms with E-state index >= 15 is 0 Å². The minimum absolute atomic E-state index is 0.415. The van der Waals surface area contributed by atoms with Crippen LogP contribution in [-0.2, 0) is 0 Å². The number of hydrogen-bond acceptors (Lipinski definition) is 8. The Kier molecular flexibility index (Phi) is 14.0. The summed E-state index contributed by atoms with van der Waals surface area (Å²) in [5.74, 6) is 2.83. The Morgan fingerprint density at radius 3 is 0.617 bits per heavy atom. The van der Waals surface area contributed by atoms with Crippen LogP contribution in [0.1, 0.15) is 0 Å². The molecular weight excluding hydrogens is 1150 g/mol. The van der Waals surface area contributed by atoms with Crippen molar-refractivity contribution in [3.8, 4) is 79.7 Å². The number of rotatable bonds is 14. The number of aromatic nitrogens is 8. The fourth-order valence-corrected chi connectivity index (χ4v) is 13.3. The van der Waals surface area contributed by atoms with Gasteiger partial charge in [0.1, 0.15) is 0 Å². The zero-order valence-corrected chi connectivity index (χ0v) is 50.8. The lowest BCUT2D eigenvalue weighted by molar-refractivity contribution is 1.04. The summed E-state index contributed by atoms with van der Waals surface area (Å²) in [4.78, 5) is 39.4. The van der Waals surface area contributed by atoms with E-state index in [1.807, 2.05) is 72.8 Å². The van der Waals surface area contributed by atoms with Gasteiger partial charge in [-0.1, -0.05) is 267 Å². The van der Waals surface area contributed by atoms with Crippen LogP contribution in [0.5, 0.6) is 0 Å². The third-order valence-corrected chi connectivity index (χ3v) is 17.4. The quantitative estimate of drug-likeness (QED) is 0.106. The Labute approximate surface area is 543 Å². The first-order valence-corrected chi connectivity index (χ1v) is 31.5. The summed E-state index contributed by atoms with van der Waals surface area (Å²) in [6.45, 7) is 0. The number of hydrogen-bond donors (Lipinski definition) is 0. The van der Waals surface area contributed by atoms with Gasteiger partial charge in [0, 0.05) is 66.5 Å². The number of benzene rings is 13. The van der Waals surface area contributed by atoms with E-state index in [1.165, 1.54) is 0 Å². The summed E-state index contributed by atoms with van der Waals surface area (Å²) in [5, 5.41) is 4.23. The smallest absolute Gasteiger partial charge is 0.168 e. The third-order valence-electron chi connectivity index (χ3n) is 17.4. The van der Waals surface area contributed by atoms with Gasteiger partial charge in [-0.25, -0.2) is 29.9 Å². The number of para-hydroxylation sites is 8. The fraction of sp³-hybridized carbons (Fsp3) is 0. The Morgan fingerprint density at radius 1 is 0.191 bits per heavy atom. The molecule has 0 fully saturated rings. The van der Waals surface area contributed by atoms with Crippen molar-refractivity contribution in [2.45, 2.75) is 0 Å². The summed E-state index contributed by atoms with van der Waals surface area (Å²) in [7, 11) is 0. The summed E-state index contributed by atoms with van der Waals surface area (Å²) in [6.07, 6.45) is 0. The van der Waals surface area contributed by atoms with Gasteiger partial charge in [-0.2, -0.15) is 0 Å². The van der Waals surface area contributed by atoms with Gasteiger partial charge in [0.15, 0.2) is 34.9 Å². The van der Waals surface area contributed by atoms with Crippen LogP contribution in [0.4, 0.5) is 34.1 Å². The Bertz CT molecular complexity index is 4940. The van der Waals surface area contributed by atoms with Crippen LogP contribution in [-0.4, -0.2) is 39.0 Å². The highest BCUT2D eigenvalue weighted by Gasteiger charge is 2.40.